The summed E-state index contributed by atoms with van der Waals surface area (Å²) in [5.74, 6) is -0.154. The Morgan fingerprint density at radius 3 is 2.71 bits per heavy atom. The first-order valence-electron chi connectivity index (χ1n) is 8.25. The van der Waals surface area contributed by atoms with Gasteiger partial charge >= 0.3 is 6.09 Å². The van der Waals surface area contributed by atoms with Gasteiger partial charge in [-0.1, -0.05) is 6.07 Å². The Morgan fingerprint density at radius 1 is 1.29 bits per heavy atom. The number of likely N-dealkylation sites (tertiary alicyclic amines) is 1. The summed E-state index contributed by atoms with van der Waals surface area (Å²) >= 11 is 1.62. The van der Waals surface area contributed by atoms with Crippen LogP contribution in [-0.2, 0) is 9.53 Å². The minimum Gasteiger partial charge on any atom is -0.444 e. The van der Waals surface area contributed by atoms with Gasteiger partial charge in [0.1, 0.15) is 11.6 Å². The molecule has 0 radical (unpaired) electrons. The number of piperidine rings is 1. The molecule has 1 atom stereocenters. The lowest BCUT2D eigenvalue weighted by molar-refractivity contribution is -0.122. The van der Waals surface area contributed by atoms with Gasteiger partial charge in [0.2, 0.25) is 5.91 Å². The molecule has 1 aromatic rings. The van der Waals surface area contributed by atoms with Gasteiger partial charge < -0.3 is 10.1 Å². The van der Waals surface area contributed by atoms with Gasteiger partial charge in [-0.25, -0.2) is 4.79 Å². The third-order valence-electron chi connectivity index (χ3n) is 3.77. The van der Waals surface area contributed by atoms with E-state index in [1.807, 2.05) is 51.3 Å². The smallest absolute Gasteiger partial charge is 0.410 e. The Hall–Kier alpha value is -1.69. The number of ether oxygens (including phenoxy) is 1. The fraction of sp³-hybridized carbons (Fsp3) is 0.556. The molecule has 1 aromatic carbocycles. The molecule has 2 amide bonds. The van der Waals surface area contributed by atoms with Crippen molar-refractivity contribution in [2.24, 2.45) is 0 Å². The molecule has 0 aliphatic carbocycles. The van der Waals surface area contributed by atoms with E-state index in [0.717, 1.165) is 23.4 Å². The first kappa shape index (κ1) is 18.6. The van der Waals surface area contributed by atoms with Gasteiger partial charge in [0.15, 0.2) is 0 Å². The van der Waals surface area contributed by atoms with E-state index in [1.165, 1.54) is 0 Å². The largest absolute Gasteiger partial charge is 0.444 e. The minimum atomic E-state index is -0.567. The fourth-order valence-corrected chi connectivity index (χ4v) is 3.13. The van der Waals surface area contributed by atoms with Crippen LogP contribution < -0.4 is 5.32 Å². The van der Waals surface area contributed by atoms with Crippen molar-refractivity contribution in [3.05, 3.63) is 24.3 Å². The molecule has 0 bridgehead atoms. The second kappa shape index (κ2) is 7.92. The Balaban J connectivity index is 2.08. The van der Waals surface area contributed by atoms with Gasteiger partial charge in [0.25, 0.3) is 0 Å². The topological polar surface area (TPSA) is 58.6 Å². The van der Waals surface area contributed by atoms with Crippen LogP contribution in [0.5, 0.6) is 0 Å². The first-order chi connectivity index (χ1) is 11.3. The Labute approximate surface area is 148 Å². The summed E-state index contributed by atoms with van der Waals surface area (Å²) in [6.07, 6.45) is 4.06. The van der Waals surface area contributed by atoms with Gasteiger partial charge in [-0.15, -0.1) is 11.8 Å². The maximum absolute atomic E-state index is 12.7. The summed E-state index contributed by atoms with van der Waals surface area (Å²) in [4.78, 5) is 27.7. The van der Waals surface area contributed by atoms with E-state index < -0.39 is 17.7 Å². The van der Waals surface area contributed by atoms with Crippen LogP contribution >= 0.6 is 11.8 Å². The molecule has 6 heteroatoms. The van der Waals surface area contributed by atoms with Gasteiger partial charge in [0.05, 0.1) is 0 Å². The molecule has 1 heterocycles. The van der Waals surface area contributed by atoms with Gasteiger partial charge in [0, 0.05) is 17.1 Å². The van der Waals surface area contributed by atoms with Crippen LogP contribution in [-0.4, -0.2) is 41.3 Å². The van der Waals surface area contributed by atoms with Crippen molar-refractivity contribution < 1.29 is 14.3 Å². The number of hydrogen-bond donors (Lipinski definition) is 1. The number of hydrogen-bond acceptors (Lipinski definition) is 4. The predicted octanol–water partition coefficient (Wildman–Crippen LogP) is 4.14. The molecular weight excluding hydrogens is 324 g/mol. The van der Waals surface area contributed by atoms with E-state index in [-0.39, 0.29) is 5.91 Å². The normalized spacial score (nSPS) is 18.2. The van der Waals surface area contributed by atoms with E-state index in [0.29, 0.717) is 13.0 Å². The van der Waals surface area contributed by atoms with Crippen LogP contribution in [0.3, 0.4) is 0 Å². The third kappa shape index (κ3) is 5.16. The number of nitrogens with one attached hydrogen (secondary N) is 1. The molecule has 2 rings (SSSR count). The van der Waals surface area contributed by atoms with E-state index in [9.17, 15) is 9.59 Å². The number of carbonyl (C=O) groups excluding carboxylic acids is 2. The highest BCUT2D eigenvalue weighted by Gasteiger charge is 2.34. The third-order valence-corrected chi connectivity index (χ3v) is 4.50. The second-order valence-electron chi connectivity index (χ2n) is 6.91. The molecule has 1 fully saturated rings. The molecule has 0 aromatic heterocycles. The lowest BCUT2D eigenvalue weighted by Gasteiger charge is -2.35. The fourth-order valence-electron chi connectivity index (χ4n) is 2.67. The lowest BCUT2D eigenvalue weighted by Crippen LogP contribution is -2.51. The highest BCUT2D eigenvalue weighted by Crippen LogP contribution is 2.23. The molecule has 5 nitrogen and oxygen atoms in total. The van der Waals surface area contributed by atoms with Crippen LogP contribution in [0.4, 0.5) is 10.5 Å². The van der Waals surface area contributed by atoms with Gasteiger partial charge in [-0.2, -0.15) is 0 Å². The number of rotatable bonds is 3. The molecule has 24 heavy (non-hydrogen) atoms. The van der Waals surface area contributed by atoms with Crippen LogP contribution in [0.25, 0.3) is 0 Å². The van der Waals surface area contributed by atoms with Gasteiger partial charge in [-0.3, -0.25) is 9.69 Å². The van der Waals surface area contributed by atoms with Crippen molar-refractivity contribution in [1.82, 2.24) is 4.90 Å². The lowest BCUT2D eigenvalue weighted by atomic mass is 10.0. The average Bonchev–Trinajstić information content (AvgIpc) is 2.53. The monoisotopic (exact) mass is 350 g/mol. The number of thioether (sulfide) groups is 1. The maximum Gasteiger partial charge on any atom is 0.410 e. The number of benzene rings is 1. The molecule has 1 unspecified atom stereocenters. The molecule has 1 aliphatic rings. The summed E-state index contributed by atoms with van der Waals surface area (Å²) in [7, 11) is 0. The zero-order chi connectivity index (χ0) is 17.7. The van der Waals surface area contributed by atoms with Crippen molar-refractivity contribution in [1.29, 1.82) is 0 Å². The van der Waals surface area contributed by atoms with E-state index in [4.69, 9.17) is 4.74 Å². The maximum atomic E-state index is 12.7. The highest BCUT2D eigenvalue weighted by molar-refractivity contribution is 7.98. The summed E-state index contributed by atoms with van der Waals surface area (Å²) < 4.78 is 5.45. The number of amides is 2. The summed E-state index contributed by atoms with van der Waals surface area (Å²) in [5, 5.41) is 2.93. The zero-order valence-electron chi connectivity index (χ0n) is 14.8. The van der Waals surface area contributed by atoms with Crippen LogP contribution in [0, 0.1) is 0 Å². The highest BCUT2D eigenvalue weighted by atomic mass is 32.2. The molecule has 1 saturated heterocycles. The standard InChI is InChI=1S/C18H26N2O3S/c1-18(2,3)23-17(22)20-11-6-5-10-15(20)16(21)19-13-8-7-9-14(12-13)24-4/h7-9,12,15H,5-6,10-11H2,1-4H3,(H,19,21). The van der Waals surface area contributed by atoms with Crippen molar-refractivity contribution >= 4 is 29.4 Å². The van der Waals surface area contributed by atoms with E-state index >= 15 is 0 Å². The predicted molar refractivity (Wildman–Crippen MR) is 97.4 cm³/mol. The van der Waals surface area contributed by atoms with Crippen molar-refractivity contribution in [3.63, 3.8) is 0 Å². The van der Waals surface area contributed by atoms with E-state index in [1.54, 1.807) is 16.7 Å². The quantitative estimate of drug-likeness (QED) is 0.833. The molecule has 0 saturated carbocycles. The Bertz CT molecular complexity index is 598. The van der Waals surface area contributed by atoms with E-state index in [2.05, 4.69) is 5.32 Å². The Morgan fingerprint density at radius 2 is 2.04 bits per heavy atom. The molecule has 132 valence electrons. The minimum absolute atomic E-state index is 0.154. The molecular formula is C18H26N2O3S. The number of anilines is 1. The first-order valence-corrected chi connectivity index (χ1v) is 9.47. The average molecular weight is 350 g/mol. The zero-order valence-corrected chi connectivity index (χ0v) is 15.6. The molecule has 1 N–H and O–H groups in total. The second-order valence-corrected chi connectivity index (χ2v) is 7.79. The Kier molecular flexibility index (Phi) is 6.15. The van der Waals surface area contributed by atoms with Crippen LogP contribution in [0.2, 0.25) is 0 Å². The van der Waals surface area contributed by atoms with Crippen molar-refractivity contribution in [3.8, 4) is 0 Å². The van der Waals surface area contributed by atoms with Gasteiger partial charge in [-0.05, 0) is 64.5 Å². The summed E-state index contributed by atoms with van der Waals surface area (Å²) in [6, 6.07) is 7.22. The number of carbonyl (C=O) groups is 2. The van der Waals surface area contributed by atoms with Crippen LogP contribution in [0.1, 0.15) is 40.0 Å². The van der Waals surface area contributed by atoms with Crippen molar-refractivity contribution in [2.45, 2.75) is 56.6 Å². The summed E-state index contributed by atoms with van der Waals surface area (Å²) in [6.45, 7) is 6.05. The van der Waals surface area contributed by atoms with Crippen LogP contribution in [0.15, 0.2) is 29.2 Å². The molecule has 1 aliphatic heterocycles. The van der Waals surface area contributed by atoms with Crippen molar-refractivity contribution in [2.75, 3.05) is 18.1 Å². The molecule has 0 spiro atoms. The number of nitrogens with zero attached hydrogens (tertiary/aromatic N) is 1. The summed E-state index contributed by atoms with van der Waals surface area (Å²) in [5.41, 5.74) is 0.184. The SMILES string of the molecule is CSc1cccc(NC(=O)C2CCCCN2C(=O)OC(C)(C)C)c1.